The molecule has 226 valence electrons. The second-order valence-corrected chi connectivity index (χ2v) is 11.7. The van der Waals surface area contributed by atoms with Gasteiger partial charge < -0.3 is 15.3 Å². The minimum absolute atomic E-state index is 0.0266. The molecule has 2 aromatic heterocycles. The summed E-state index contributed by atoms with van der Waals surface area (Å²) in [6.07, 6.45) is -3.20. The van der Waals surface area contributed by atoms with Crippen LogP contribution in [-0.2, 0) is 19.0 Å². The minimum atomic E-state index is -4.87. The first-order valence-electron chi connectivity index (χ1n) is 13.9. The van der Waals surface area contributed by atoms with Crippen LogP contribution in [-0.4, -0.2) is 45.9 Å². The second-order valence-electron chi connectivity index (χ2n) is 10.7. The van der Waals surface area contributed by atoms with Gasteiger partial charge in [-0.3, -0.25) is 14.6 Å². The number of halogens is 4. The molecule has 7 nitrogen and oxygen atoms in total. The molecule has 0 saturated carbocycles. The van der Waals surface area contributed by atoms with Gasteiger partial charge in [-0.15, -0.1) is 11.3 Å². The lowest BCUT2D eigenvalue weighted by Gasteiger charge is -2.18. The number of hydrogen-bond acceptors (Lipinski definition) is 5. The van der Waals surface area contributed by atoms with Gasteiger partial charge in [0.15, 0.2) is 0 Å². The van der Waals surface area contributed by atoms with E-state index in [1.165, 1.54) is 41.7 Å². The third kappa shape index (κ3) is 5.57. The molecular formula is C32H25F4N3O4S. The van der Waals surface area contributed by atoms with Crippen molar-refractivity contribution >= 4 is 29.1 Å². The van der Waals surface area contributed by atoms with Crippen LogP contribution < -0.4 is 5.32 Å². The fraction of sp³-hybridized carbons (Fsp3) is 0.250. The third-order valence-electron chi connectivity index (χ3n) is 7.89. The first kappa shape index (κ1) is 29.5. The van der Waals surface area contributed by atoms with Crippen molar-refractivity contribution in [2.45, 2.75) is 37.9 Å². The number of benzene rings is 2. The van der Waals surface area contributed by atoms with Crippen molar-refractivity contribution in [3.05, 3.63) is 110 Å². The number of pyridine rings is 1. The molecule has 2 aromatic carbocycles. The Kier molecular flexibility index (Phi) is 7.70. The Labute approximate surface area is 253 Å². The van der Waals surface area contributed by atoms with Gasteiger partial charge in [-0.25, -0.2) is 9.18 Å². The summed E-state index contributed by atoms with van der Waals surface area (Å²) in [7, 11) is 0. The van der Waals surface area contributed by atoms with E-state index in [0.717, 1.165) is 10.9 Å². The predicted molar refractivity (Wildman–Crippen MR) is 154 cm³/mol. The van der Waals surface area contributed by atoms with Gasteiger partial charge in [0, 0.05) is 35.5 Å². The second kappa shape index (κ2) is 11.5. The first-order valence-corrected chi connectivity index (χ1v) is 14.8. The van der Waals surface area contributed by atoms with Crippen molar-refractivity contribution in [1.82, 2.24) is 15.2 Å². The molecule has 1 atom stereocenters. The molecule has 0 radical (unpaired) electrons. The average molecular weight is 624 g/mol. The standard InChI is InChI=1S/C32H25F4N3O4S/c33-21-7-5-17(6-8-21)13-23-26(31(42)43)25(27-28(38-23)24-4-1-11-39(24)30(27)41)18-14-19(16-20(15-18)32(34,35)36)29(40)37-10-9-22-3-2-12-44-22/h2-3,5-8,12,14-16,24H,1,4,9-11,13H2,(H,37,40)(H,42,43)/t24-/m0/s1. The number of carbonyl (C=O) groups is 3. The van der Waals surface area contributed by atoms with Crippen LogP contribution in [0.25, 0.3) is 11.1 Å². The number of nitrogens with one attached hydrogen (secondary N) is 1. The Balaban J connectivity index is 1.52. The van der Waals surface area contributed by atoms with E-state index in [-0.39, 0.29) is 40.9 Å². The van der Waals surface area contributed by atoms with E-state index in [2.05, 4.69) is 10.3 Å². The fourth-order valence-corrected chi connectivity index (χ4v) is 6.62. The zero-order valence-electron chi connectivity index (χ0n) is 23.1. The molecule has 0 spiro atoms. The summed E-state index contributed by atoms with van der Waals surface area (Å²) in [6.45, 7) is 0.572. The maximum Gasteiger partial charge on any atom is 0.416 e. The van der Waals surface area contributed by atoms with E-state index in [1.807, 2.05) is 17.5 Å². The Bertz CT molecular complexity index is 1770. The monoisotopic (exact) mass is 623 g/mol. The van der Waals surface area contributed by atoms with E-state index in [0.29, 0.717) is 43.1 Å². The SMILES string of the molecule is O=C(NCCc1cccs1)c1cc(-c2c(C(=O)O)c(Cc3ccc(F)cc3)nc3c2C(=O)N2CCC[C@@H]32)cc(C(F)(F)F)c1. The van der Waals surface area contributed by atoms with Crippen molar-refractivity contribution in [3.63, 3.8) is 0 Å². The Morgan fingerprint density at radius 1 is 1.09 bits per heavy atom. The number of thiophene rings is 1. The highest BCUT2D eigenvalue weighted by atomic mass is 32.1. The summed E-state index contributed by atoms with van der Waals surface area (Å²) in [5.74, 6) is -3.27. The van der Waals surface area contributed by atoms with Crippen LogP contribution in [0, 0.1) is 5.82 Å². The van der Waals surface area contributed by atoms with Crippen LogP contribution in [0.1, 0.15) is 77.3 Å². The largest absolute Gasteiger partial charge is 0.478 e. The fourth-order valence-electron chi connectivity index (χ4n) is 5.92. The predicted octanol–water partition coefficient (Wildman–Crippen LogP) is 6.52. The highest BCUT2D eigenvalue weighted by Crippen LogP contribution is 2.46. The molecule has 44 heavy (non-hydrogen) atoms. The van der Waals surface area contributed by atoms with Crippen LogP contribution in [0.15, 0.2) is 60.0 Å². The van der Waals surface area contributed by atoms with Gasteiger partial charge in [0.05, 0.1) is 34.1 Å². The zero-order chi connectivity index (χ0) is 31.2. The van der Waals surface area contributed by atoms with Crippen molar-refractivity contribution < 1.29 is 37.1 Å². The van der Waals surface area contributed by atoms with Crippen LogP contribution in [0.3, 0.4) is 0 Å². The van der Waals surface area contributed by atoms with Crippen LogP contribution >= 0.6 is 11.3 Å². The number of nitrogens with zero attached hydrogens (tertiary/aromatic N) is 2. The molecule has 2 aliphatic heterocycles. The zero-order valence-corrected chi connectivity index (χ0v) is 23.9. The van der Waals surface area contributed by atoms with Crippen molar-refractivity contribution in [3.8, 4) is 11.1 Å². The number of fused-ring (bicyclic) bond motifs is 3. The molecule has 0 bridgehead atoms. The van der Waals surface area contributed by atoms with Gasteiger partial charge in [-0.2, -0.15) is 13.2 Å². The number of carbonyl (C=O) groups excluding carboxylic acids is 2. The molecule has 4 aromatic rings. The Morgan fingerprint density at radius 3 is 2.55 bits per heavy atom. The van der Waals surface area contributed by atoms with Gasteiger partial charge in [0.1, 0.15) is 5.82 Å². The van der Waals surface area contributed by atoms with E-state index in [1.54, 1.807) is 4.90 Å². The van der Waals surface area contributed by atoms with Crippen LogP contribution in [0.4, 0.5) is 17.6 Å². The van der Waals surface area contributed by atoms with Gasteiger partial charge >= 0.3 is 12.1 Å². The third-order valence-corrected chi connectivity index (χ3v) is 8.83. The van der Waals surface area contributed by atoms with E-state index in [4.69, 9.17) is 0 Å². The summed E-state index contributed by atoms with van der Waals surface area (Å²) >= 11 is 1.49. The summed E-state index contributed by atoms with van der Waals surface area (Å²) in [5.41, 5.74) is -1.59. The van der Waals surface area contributed by atoms with E-state index >= 15 is 0 Å². The van der Waals surface area contributed by atoms with E-state index < -0.39 is 46.9 Å². The van der Waals surface area contributed by atoms with Crippen molar-refractivity contribution in [2.24, 2.45) is 0 Å². The maximum atomic E-state index is 14.2. The van der Waals surface area contributed by atoms with Crippen molar-refractivity contribution in [1.29, 1.82) is 0 Å². The lowest BCUT2D eigenvalue weighted by molar-refractivity contribution is -0.137. The smallest absolute Gasteiger partial charge is 0.416 e. The normalized spacial score (nSPS) is 15.8. The molecule has 2 N–H and O–H groups in total. The highest BCUT2D eigenvalue weighted by Gasteiger charge is 2.45. The number of amides is 2. The number of alkyl halides is 3. The molecule has 2 aliphatic rings. The Hall–Kier alpha value is -4.58. The quantitative estimate of drug-likeness (QED) is 0.218. The van der Waals surface area contributed by atoms with Gasteiger partial charge in [-0.1, -0.05) is 18.2 Å². The summed E-state index contributed by atoms with van der Waals surface area (Å²) < 4.78 is 56.2. The summed E-state index contributed by atoms with van der Waals surface area (Å²) in [6, 6.07) is 11.3. The van der Waals surface area contributed by atoms with Crippen molar-refractivity contribution in [2.75, 3.05) is 13.1 Å². The van der Waals surface area contributed by atoms with Gasteiger partial charge in [0.2, 0.25) is 0 Å². The molecule has 0 aliphatic carbocycles. The number of aromatic nitrogens is 1. The lowest BCUT2D eigenvalue weighted by Crippen LogP contribution is -2.26. The maximum absolute atomic E-state index is 14.2. The minimum Gasteiger partial charge on any atom is -0.478 e. The molecule has 1 fully saturated rings. The van der Waals surface area contributed by atoms with E-state index in [9.17, 15) is 37.1 Å². The molecule has 0 unspecified atom stereocenters. The summed E-state index contributed by atoms with van der Waals surface area (Å²) in [4.78, 5) is 46.8. The lowest BCUT2D eigenvalue weighted by atomic mass is 9.88. The Morgan fingerprint density at radius 2 is 1.86 bits per heavy atom. The van der Waals surface area contributed by atoms with Gasteiger partial charge in [0.25, 0.3) is 11.8 Å². The molecule has 4 heterocycles. The number of hydrogen-bond donors (Lipinski definition) is 2. The molecule has 6 rings (SSSR count). The number of aromatic carboxylic acids is 1. The molecule has 12 heteroatoms. The van der Waals surface area contributed by atoms with Crippen LogP contribution in [0.2, 0.25) is 0 Å². The molecular weight excluding hydrogens is 598 g/mol. The average Bonchev–Trinajstić information content (AvgIpc) is 3.73. The number of carboxylic acid groups (broad SMARTS) is 1. The number of carboxylic acids is 1. The van der Waals surface area contributed by atoms with Crippen LogP contribution in [0.5, 0.6) is 0 Å². The topological polar surface area (TPSA) is 99.6 Å². The molecule has 2 amide bonds. The van der Waals surface area contributed by atoms with Gasteiger partial charge in [-0.05, 0) is 72.2 Å². The molecule has 1 saturated heterocycles. The number of rotatable bonds is 8. The summed E-state index contributed by atoms with van der Waals surface area (Å²) in [5, 5.41) is 15.0. The first-order chi connectivity index (χ1) is 21.0. The highest BCUT2D eigenvalue weighted by molar-refractivity contribution is 7.09.